The summed E-state index contributed by atoms with van der Waals surface area (Å²) in [6.45, 7) is -0.502. The van der Waals surface area contributed by atoms with E-state index in [2.05, 4.69) is 10.5 Å². The van der Waals surface area contributed by atoms with Gasteiger partial charge in [0.1, 0.15) is 11.5 Å². The first-order chi connectivity index (χ1) is 14.5. The summed E-state index contributed by atoms with van der Waals surface area (Å²) in [5.74, 6) is 0.547. The third kappa shape index (κ3) is 5.56. The molecule has 0 atom stereocenters. The number of amides is 1. The van der Waals surface area contributed by atoms with E-state index < -0.39 is 22.5 Å². The first kappa shape index (κ1) is 21.3. The van der Waals surface area contributed by atoms with E-state index in [1.165, 1.54) is 24.6 Å². The molecule has 1 amide bonds. The van der Waals surface area contributed by atoms with Gasteiger partial charge in [0.05, 0.1) is 37.6 Å². The summed E-state index contributed by atoms with van der Waals surface area (Å²) in [4.78, 5) is 12.5. The van der Waals surface area contributed by atoms with Crippen molar-refractivity contribution in [2.45, 2.75) is 11.4 Å². The van der Waals surface area contributed by atoms with Crippen LogP contribution in [0.1, 0.15) is 11.3 Å². The number of ether oxygens (including phenoxy) is 1. The van der Waals surface area contributed by atoms with Crippen molar-refractivity contribution in [2.75, 3.05) is 13.7 Å². The standard InChI is InChI=1S/C21H21N3O5S/c1-28-18-11-9-17(10-12-18)14-22-23-21(25)16-24(15-19-6-5-13-29-19)30(26,27)20-7-3-2-4-8-20/h2-14H,15-16H2,1H3,(H,23,25)/b22-14-. The van der Waals surface area contributed by atoms with Crippen molar-refractivity contribution in [3.63, 3.8) is 0 Å². The normalized spacial score (nSPS) is 11.7. The van der Waals surface area contributed by atoms with Gasteiger partial charge < -0.3 is 9.15 Å². The van der Waals surface area contributed by atoms with Crippen LogP contribution in [0.15, 0.2) is 87.4 Å². The number of carbonyl (C=O) groups excluding carboxylic acids is 1. The molecule has 1 N–H and O–H groups in total. The lowest BCUT2D eigenvalue weighted by atomic mass is 10.2. The second kappa shape index (κ2) is 9.86. The van der Waals surface area contributed by atoms with Crippen LogP contribution in [-0.2, 0) is 21.4 Å². The Bertz CT molecular complexity index is 1080. The van der Waals surface area contributed by atoms with Gasteiger partial charge in [0.2, 0.25) is 10.0 Å². The van der Waals surface area contributed by atoms with E-state index in [4.69, 9.17) is 9.15 Å². The minimum atomic E-state index is -3.91. The molecule has 0 spiro atoms. The van der Waals surface area contributed by atoms with Crippen LogP contribution in [-0.4, -0.2) is 38.5 Å². The fourth-order valence-corrected chi connectivity index (χ4v) is 3.99. The molecule has 0 saturated carbocycles. The molecule has 0 unspecified atom stereocenters. The SMILES string of the molecule is COc1ccc(/C=N\NC(=O)CN(Cc2ccco2)S(=O)(=O)c2ccccc2)cc1. The van der Waals surface area contributed by atoms with E-state index in [-0.39, 0.29) is 11.4 Å². The summed E-state index contributed by atoms with van der Waals surface area (Å²) in [5.41, 5.74) is 3.11. The summed E-state index contributed by atoms with van der Waals surface area (Å²) >= 11 is 0. The van der Waals surface area contributed by atoms with Crippen molar-refractivity contribution in [3.05, 3.63) is 84.3 Å². The van der Waals surface area contributed by atoms with Gasteiger partial charge in [-0.25, -0.2) is 13.8 Å². The topological polar surface area (TPSA) is 101 Å². The van der Waals surface area contributed by atoms with Gasteiger partial charge in [-0.15, -0.1) is 0 Å². The van der Waals surface area contributed by atoms with E-state index in [0.29, 0.717) is 11.5 Å². The molecule has 2 aromatic carbocycles. The Morgan fingerprint density at radius 3 is 2.47 bits per heavy atom. The van der Waals surface area contributed by atoms with Crippen molar-refractivity contribution in [1.29, 1.82) is 0 Å². The van der Waals surface area contributed by atoms with Crippen LogP contribution >= 0.6 is 0 Å². The highest BCUT2D eigenvalue weighted by Gasteiger charge is 2.27. The Hall–Kier alpha value is -3.43. The predicted octanol–water partition coefficient (Wildman–Crippen LogP) is 2.63. The van der Waals surface area contributed by atoms with Gasteiger partial charge in [0, 0.05) is 0 Å². The van der Waals surface area contributed by atoms with E-state index in [1.54, 1.807) is 61.7 Å². The van der Waals surface area contributed by atoms with Crippen LogP contribution in [0.5, 0.6) is 5.75 Å². The van der Waals surface area contributed by atoms with Crippen LogP contribution in [0.25, 0.3) is 0 Å². The van der Waals surface area contributed by atoms with Crippen molar-refractivity contribution in [3.8, 4) is 5.75 Å². The largest absolute Gasteiger partial charge is 0.497 e. The minimum absolute atomic E-state index is 0.0835. The molecule has 0 aliphatic carbocycles. The van der Waals surface area contributed by atoms with Crippen molar-refractivity contribution in [2.24, 2.45) is 5.10 Å². The molecular formula is C21H21N3O5S. The number of nitrogens with zero attached hydrogens (tertiary/aromatic N) is 2. The number of carbonyl (C=O) groups is 1. The predicted molar refractivity (Wildman–Crippen MR) is 111 cm³/mol. The molecule has 3 rings (SSSR count). The molecular weight excluding hydrogens is 406 g/mol. The summed E-state index contributed by atoms with van der Waals surface area (Å²) in [5, 5.41) is 3.89. The maximum absolute atomic E-state index is 13.0. The van der Waals surface area contributed by atoms with E-state index in [9.17, 15) is 13.2 Å². The smallest absolute Gasteiger partial charge is 0.255 e. The summed E-state index contributed by atoms with van der Waals surface area (Å²) < 4.78 is 37.4. The molecule has 3 aromatic rings. The van der Waals surface area contributed by atoms with Crippen molar-refractivity contribution < 1.29 is 22.4 Å². The molecule has 30 heavy (non-hydrogen) atoms. The average Bonchev–Trinajstić information content (AvgIpc) is 3.27. The van der Waals surface area contributed by atoms with Crippen molar-refractivity contribution in [1.82, 2.24) is 9.73 Å². The van der Waals surface area contributed by atoms with Gasteiger partial charge >= 0.3 is 0 Å². The zero-order chi connectivity index (χ0) is 21.4. The number of sulfonamides is 1. The molecule has 1 aromatic heterocycles. The Kier molecular flexibility index (Phi) is 6.99. The molecule has 0 saturated heterocycles. The molecule has 156 valence electrons. The summed E-state index contributed by atoms with van der Waals surface area (Å²) in [6, 6.07) is 18.3. The fraction of sp³-hybridized carbons (Fsp3) is 0.143. The average molecular weight is 427 g/mol. The summed E-state index contributed by atoms with van der Waals surface area (Å²) in [7, 11) is -2.34. The molecule has 0 bridgehead atoms. The molecule has 0 aliphatic heterocycles. The number of methoxy groups -OCH3 is 1. The molecule has 8 nitrogen and oxygen atoms in total. The highest BCUT2D eigenvalue weighted by molar-refractivity contribution is 7.89. The fourth-order valence-electron chi connectivity index (χ4n) is 2.61. The Labute approximate surface area is 174 Å². The monoisotopic (exact) mass is 427 g/mol. The zero-order valence-electron chi connectivity index (χ0n) is 16.3. The first-order valence-electron chi connectivity index (χ1n) is 9.02. The number of hydrogen-bond donors (Lipinski definition) is 1. The minimum Gasteiger partial charge on any atom is -0.497 e. The highest BCUT2D eigenvalue weighted by atomic mass is 32.2. The van der Waals surface area contributed by atoms with Gasteiger partial charge in [0.15, 0.2) is 0 Å². The molecule has 0 fully saturated rings. The van der Waals surface area contributed by atoms with Crippen LogP contribution in [0.2, 0.25) is 0 Å². The number of nitrogens with one attached hydrogen (secondary N) is 1. The van der Waals surface area contributed by atoms with Crippen LogP contribution < -0.4 is 10.2 Å². The van der Waals surface area contributed by atoms with Crippen molar-refractivity contribution >= 4 is 22.1 Å². The number of benzene rings is 2. The second-order valence-electron chi connectivity index (χ2n) is 6.23. The molecule has 0 aliphatic rings. The van der Waals surface area contributed by atoms with Crippen LogP contribution in [0.3, 0.4) is 0 Å². The Balaban J connectivity index is 1.70. The quantitative estimate of drug-likeness (QED) is 0.418. The molecule has 0 radical (unpaired) electrons. The Morgan fingerprint density at radius 1 is 1.10 bits per heavy atom. The number of furan rings is 1. The second-order valence-corrected chi connectivity index (χ2v) is 8.17. The van der Waals surface area contributed by atoms with Crippen LogP contribution in [0, 0.1) is 0 Å². The van der Waals surface area contributed by atoms with E-state index in [0.717, 1.165) is 9.87 Å². The summed E-state index contributed by atoms with van der Waals surface area (Å²) in [6.07, 6.45) is 2.90. The van der Waals surface area contributed by atoms with Gasteiger partial charge in [-0.3, -0.25) is 4.79 Å². The number of hydrazone groups is 1. The lowest BCUT2D eigenvalue weighted by Gasteiger charge is -2.20. The number of hydrogen-bond acceptors (Lipinski definition) is 6. The Morgan fingerprint density at radius 2 is 1.83 bits per heavy atom. The van der Waals surface area contributed by atoms with E-state index >= 15 is 0 Å². The van der Waals surface area contributed by atoms with Gasteiger partial charge in [-0.2, -0.15) is 9.41 Å². The molecule has 9 heteroatoms. The van der Waals surface area contributed by atoms with Gasteiger partial charge in [-0.1, -0.05) is 18.2 Å². The third-order valence-corrected chi connectivity index (χ3v) is 5.94. The number of rotatable bonds is 9. The highest BCUT2D eigenvalue weighted by Crippen LogP contribution is 2.18. The zero-order valence-corrected chi connectivity index (χ0v) is 17.1. The van der Waals surface area contributed by atoms with Gasteiger partial charge in [0.25, 0.3) is 5.91 Å². The third-order valence-electron chi connectivity index (χ3n) is 4.13. The van der Waals surface area contributed by atoms with Crippen LogP contribution in [0.4, 0.5) is 0 Å². The lowest BCUT2D eigenvalue weighted by Crippen LogP contribution is -2.38. The maximum atomic E-state index is 13.0. The van der Waals surface area contributed by atoms with Gasteiger partial charge in [-0.05, 0) is 54.1 Å². The lowest BCUT2D eigenvalue weighted by molar-refractivity contribution is -0.121. The maximum Gasteiger partial charge on any atom is 0.255 e. The molecule has 1 heterocycles. The first-order valence-corrected chi connectivity index (χ1v) is 10.5. The van der Waals surface area contributed by atoms with E-state index in [1.807, 2.05) is 0 Å².